The Labute approximate surface area is 115 Å². The van der Waals surface area contributed by atoms with E-state index in [4.69, 9.17) is 4.74 Å². The van der Waals surface area contributed by atoms with Crippen molar-refractivity contribution in [2.75, 3.05) is 12.4 Å². The molecule has 0 aliphatic carbocycles. The van der Waals surface area contributed by atoms with Crippen molar-refractivity contribution in [3.05, 3.63) is 36.2 Å². The Balaban J connectivity index is 2.14. The van der Waals surface area contributed by atoms with Gasteiger partial charge in [-0.2, -0.15) is 13.9 Å². The molecule has 2 aromatic rings. The average molecular weight is 283 g/mol. The molecule has 1 aromatic carbocycles. The molecule has 0 atom stereocenters. The lowest BCUT2D eigenvalue weighted by Crippen LogP contribution is -2.06. The Morgan fingerprint density at radius 1 is 1.40 bits per heavy atom. The van der Waals surface area contributed by atoms with Crippen molar-refractivity contribution >= 4 is 5.69 Å². The van der Waals surface area contributed by atoms with Crippen molar-refractivity contribution < 1.29 is 18.3 Å². The van der Waals surface area contributed by atoms with E-state index in [1.54, 1.807) is 30.1 Å². The van der Waals surface area contributed by atoms with Crippen molar-refractivity contribution in [1.82, 2.24) is 9.78 Å². The molecule has 1 N–H and O–H groups in total. The Kier molecular flexibility index (Phi) is 4.39. The van der Waals surface area contributed by atoms with Crippen LogP contribution in [-0.2, 0) is 13.6 Å². The number of hydrogen-bond donors (Lipinski definition) is 1. The molecule has 0 bridgehead atoms. The summed E-state index contributed by atoms with van der Waals surface area (Å²) < 4.78 is 35.9. The first-order valence-electron chi connectivity index (χ1n) is 5.92. The number of methoxy groups -OCH3 is 1. The van der Waals surface area contributed by atoms with Gasteiger partial charge < -0.3 is 14.8 Å². The number of halogens is 2. The summed E-state index contributed by atoms with van der Waals surface area (Å²) in [6, 6.07) is 4.61. The number of anilines is 1. The lowest BCUT2D eigenvalue weighted by molar-refractivity contribution is -0.0494. The fourth-order valence-electron chi connectivity index (χ4n) is 1.73. The van der Waals surface area contributed by atoms with Gasteiger partial charge in [0.05, 0.1) is 19.0 Å². The number of benzene rings is 1. The monoisotopic (exact) mass is 283 g/mol. The summed E-state index contributed by atoms with van der Waals surface area (Å²) >= 11 is 0. The minimum Gasteiger partial charge on any atom is -0.497 e. The average Bonchev–Trinajstić information content (AvgIpc) is 2.83. The fraction of sp³-hybridized carbons (Fsp3) is 0.308. The first-order chi connectivity index (χ1) is 9.58. The molecule has 1 heterocycles. The maximum Gasteiger partial charge on any atom is 0.387 e. The molecule has 108 valence electrons. The Morgan fingerprint density at radius 3 is 2.80 bits per heavy atom. The van der Waals surface area contributed by atoms with E-state index in [-0.39, 0.29) is 5.75 Å². The van der Waals surface area contributed by atoms with Crippen molar-refractivity contribution in [1.29, 1.82) is 0 Å². The second kappa shape index (κ2) is 6.23. The van der Waals surface area contributed by atoms with Gasteiger partial charge >= 0.3 is 6.61 Å². The minimum atomic E-state index is -2.87. The highest BCUT2D eigenvalue weighted by Crippen LogP contribution is 2.30. The SMILES string of the molecule is COc1ccc(OC(F)F)c(NCc2cnn(C)c2)c1. The molecule has 0 radical (unpaired) electrons. The lowest BCUT2D eigenvalue weighted by atomic mass is 10.2. The standard InChI is InChI=1S/C13H15F2N3O2/c1-18-8-9(7-17-18)6-16-11-5-10(19-2)3-4-12(11)20-13(14)15/h3-5,7-8,13,16H,6H2,1-2H3. The zero-order valence-corrected chi connectivity index (χ0v) is 11.1. The summed E-state index contributed by atoms with van der Waals surface area (Å²) in [6.45, 7) is -2.43. The van der Waals surface area contributed by atoms with Crippen molar-refractivity contribution in [3.8, 4) is 11.5 Å². The normalized spacial score (nSPS) is 10.7. The predicted molar refractivity (Wildman–Crippen MR) is 70.2 cm³/mol. The fourth-order valence-corrected chi connectivity index (χ4v) is 1.73. The van der Waals surface area contributed by atoms with Crippen molar-refractivity contribution in [3.63, 3.8) is 0 Å². The number of rotatable bonds is 6. The molecule has 0 saturated carbocycles. The van der Waals surface area contributed by atoms with Crippen LogP contribution in [0.15, 0.2) is 30.6 Å². The van der Waals surface area contributed by atoms with Crippen LogP contribution in [0.3, 0.4) is 0 Å². The molecule has 0 amide bonds. The second-order valence-corrected chi connectivity index (χ2v) is 4.12. The van der Waals surface area contributed by atoms with Crippen molar-refractivity contribution in [2.24, 2.45) is 7.05 Å². The molecular formula is C13H15F2N3O2. The van der Waals surface area contributed by atoms with Gasteiger partial charge in [-0.15, -0.1) is 0 Å². The molecule has 2 rings (SSSR count). The van der Waals surface area contributed by atoms with Crippen LogP contribution in [0.1, 0.15) is 5.56 Å². The van der Waals surface area contributed by atoms with Gasteiger partial charge in [-0.1, -0.05) is 0 Å². The highest BCUT2D eigenvalue weighted by atomic mass is 19.3. The molecule has 0 spiro atoms. The van der Waals surface area contributed by atoms with Gasteiger partial charge in [-0.3, -0.25) is 4.68 Å². The van der Waals surface area contributed by atoms with Gasteiger partial charge in [-0.25, -0.2) is 0 Å². The number of nitrogens with one attached hydrogen (secondary N) is 1. The van der Waals surface area contributed by atoms with Crippen LogP contribution in [0.25, 0.3) is 0 Å². The number of alkyl halides is 2. The number of aryl methyl sites for hydroxylation is 1. The van der Waals surface area contributed by atoms with E-state index in [2.05, 4.69) is 15.2 Å². The maximum absolute atomic E-state index is 12.4. The minimum absolute atomic E-state index is 0.0738. The highest BCUT2D eigenvalue weighted by molar-refractivity contribution is 5.59. The van der Waals surface area contributed by atoms with E-state index >= 15 is 0 Å². The van der Waals surface area contributed by atoms with E-state index in [9.17, 15) is 8.78 Å². The third-order valence-electron chi connectivity index (χ3n) is 2.64. The Hall–Kier alpha value is -2.31. The number of ether oxygens (including phenoxy) is 2. The zero-order chi connectivity index (χ0) is 14.5. The molecule has 7 heteroatoms. The summed E-state index contributed by atoms with van der Waals surface area (Å²) in [5.41, 5.74) is 1.37. The van der Waals surface area contributed by atoms with Gasteiger partial charge in [0.2, 0.25) is 0 Å². The molecule has 20 heavy (non-hydrogen) atoms. The smallest absolute Gasteiger partial charge is 0.387 e. The molecular weight excluding hydrogens is 268 g/mol. The van der Waals surface area contributed by atoms with Crippen LogP contribution in [0.5, 0.6) is 11.5 Å². The number of hydrogen-bond acceptors (Lipinski definition) is 4. The van der Waals surface area contributed by atoms with Gasteiger partial charge in [0.1, 0.15) is 11.5 Å². The third-order valence-corrected chi connectivity index (χ3v) is 2.64. The van der Waals surface area contributed by atoms with Crippen molar-refractivity contribution in [2.45, 2.75) is 13.2 Å². The quantitative estimate of drug-likeness (QED) is 0.885. The van der Waals surface area contributed by atoms with Gasteiger partial charge in [0.25, 0.3) is 0 Å². The summed E-state index contributed by atoms with van der Waals surface area (Å²) in [6.07, 6.45) is 3.53. The van der Waals surface area contributed by atoms with Gasteiger partial charge in [0, 0.05) is 31.4 Å². The van der Waals surface area contributed by atoms with Crippen LogP contribution < -0.4 is 14.8 Å². The summed E-state index contributed by atoms with van der Waals surface area (Å²) in [7, 11) is 3.31. The topological polar surface area (TPSA) is 48.3 Å². The van der Waals surface area contributed by atoms with Gasteiger partial charge in [0.15, 0.2) is 0 Å². The lowest BCUT2D eigenvalue weighted by Gasteiger charge is -2.13. The first-order valence-corrected chi connectivity index (χ1v) is 5.92. The van der Waals surface area contributed by atoms with Crippen LogP contribution in [-0.4, -0.2) is 23.5 Å². The third kappa shape index (κ3) is 3.59. The number of aromatic nitrogens is 2. The van der Waals surface area contributed by atoms with Gasteiger partial charge in [-0.05, 0) is 12.1 Å². The largest absolute Gasteiger partial charge is 0.497 e. The maximum atomic E-state index is 12.4. The molecule has 0 aliphatic rings. The van der Waals surface area contributed by atoms with E-state index < -0.39 is 6.61 Å². The molecule has 0 unspecified atom stereocenters. The first kappa shape index (κ1) is 14.1. The molecule has 0 fully saturated rings. The van der Waals surface area contributed by atoms with Crippen LogP contribution in [0, 0.1) is 0 Å². The van der Waals surface area contributed by atoms with Crippen LogP contribution >= 0.6 is 0 Å². The van der Waals surface area contributed by atoms with Crippen LogP contribution in [0.4, 0.5) is 14.5 Å². The number of nitrogens with zero attached hydrogens (tertiary/aromatic N) is 2. The highest BCUT2D eigenvalue weighted by Gasteiger charge is 2.11. The van der Waals surface area contributed by atoms with Crippen LogP contribution in [0.2, 0.25) is 0 Å². The summed E-state index contributed by atoms with van der Waals surface area (Å²) in [5, 5.41) is 7.07. The summed E-state index contributed by atoms with van der Waals surface area (Å²) in [5.74, 6) is 0.630. The zero-order valence-electron chi connectivity index (χ0n) is 11.1. The summed E-state index contributed by atoms with van der Waals surface area (Å²) in [4.78, 5) is 0. The van der Waals surface area contributed by atoms with E-state index in [1.807, 2.05) is 6.20 Å². The Bertz CT molecular complexity index is 572. The second-order valence-electron chi connectivity index (χ2n) is 4.12. The predicted octanol–water partition coefficient (Wildman–Crippen LogP) is 2.64. The Morgan fingerprint density at radius 2 is 2.20 bits per heavy atom. The molecule has 0 aliphatic heterocycles. The van der Waals surface area contributed by atoms with E-state index in [0.717, 1.165) is 5.56 Å². The molecule has 5 nitrogen and oxygen atoms in total. The van der Waals surface area contributed by atoms with E-state index in [0.29, 0.717) is 18.0 Å². The molecule has 1 aromatic heterocycles. The molecule has 0 saturated heterocycles. The van der Waals surface area contributed by atoms with E-state index in [1.165, 1.54) is 13.2 Å².